The molecule has 0 unspecified atom stereocenters. The van der Waals surface area contributed by atoms with Crippen LogP contribution in [0.2, 0.25) is 0 Å². The van der Waals surface area contributed by atoms with E-state index in [0.29, 0.717) is 12.2 Å². The van der Waals surface area contributed by atoms with Crippen LogP contribution in [0.5, 0.6) is 0 Å². The van der Waals surface area contributed by atoms with Gasteiger partial charge in [0.05, 0.1) is 6.04 Å². The number of thioether (sulfide) groups is 1. The Morgan fingerprint density at radius 2 is 1.64 bits per heavy atom. The van der Waals surface area contributed by atoms with E-state index >= 15 is 0 Å². The van der Waals surface area contributed by atoms with E-state index in [0.717, 1.165) is 0 Å². The summed E-state index contributed by atoms with van der Waals surface area (Å²) in [6.45, 7) is 3.33. The summed E-state index contributed by atoms with van der Waals surface area (Å²) >= 11 is 1.47. The molecule has 0 heterocycles. The van der Waals surface area contributed by atoms with Gasteiger partial charge in [0.1, 0.15) is 12.1 Å². The first-order valence-electron chi connectivity index (χ1n) is 7.90. The van der Waals surface area contributed by atoms with E-state index in [1.807, 2.05) is 6.26 Å². The summed E-state index contributed by atoms with van der Waals surface area (Å²) in [4.78, 5) is 46.2. The summed E-state index contributed by atoms with van der Waals surface area (Å²) in [6.07, 6.45) is 1.82. The van der Waals surface area contributed by atoms with Gasteiger partial charge in [-0.25, -0.2) is 4.79 Å². The molecule has 0 rings (SSSR count). The van der Waals surface area contributed by atoms with E-state index in [9.17, 15) is 19.2 Å². The Morgan fingerprint density at radius 1 is 1.04 bits per heavy atom. The lowest BCUT2D eigenvalue weighted by Gasteiger charge is -2.24. The Morgan fingerprint density at radius 3 is 2.08 bits per heavy atom. The van der Waals surface area contributed by atoms with Gasteiger partial charge in [0, 0.05) is 6.42 Å². The Labute approximate surface area is 151 Å². The van der Waals surface area contributed by atoms with E-state index in [2.05, 4.69) is 10.6 Å². The van der Waals surface area contributed by atoms with Crippen LogP contribution in [0, 0.1) is 5.92 Å². The third kappa shape index (κ3) is 9.30. The molecule has 0 aliphatic carbocycles. The number of amides is 2. The first-order chi connectivity index (χ1) is 11.6. The van der Waals surface area contributed by atoms with E-state index in [1.54, 1.807) is 13.8 Å². The standard InChI is InChI=1S/C15H27N3O6S/c1-8(2)12(15(23)24)18-14(22)10(6-7-25-3)17-13(21)9(16)4-5-11(19)20/h8-10,12H,4-7,16H2,1-3H3,(H,17,21)(H,18,22)(H,19,20)(H,23,24)/t9-,10-,12-/m0/s1. The van der Waals surface area contributed by atoms with Gasteiger partial charge in [-0.3, -0.25) is 14.4 Å². The number of carbonyl (C=O) groups is 4. The van der Waals surface area contributed by atoms with Crippen molar-refractivity contribution in [3.8, 4) is 0 Å². The Bertz CT molecular complexity index is 486. The maximum Gasteiger partial charge on any atom is 0.326 e. The molecule has 0 aliphatic heterocycles. The summed E-state index contributed by atoms with van der Waals surface area (Å²) in [6, 6.07) is -3.06. The normalized spacial score (nSPS) is 14.4. The van der Waals surface area contributed by atoms with Crippen molar-refractivity contribution < 1.29 is 29.4 Å². The van der Waals surface area contributed by atoms with Gasteiger partial charge in [0.2, 0.25) is 11.8 Å². The number of carboxylic acid groups (broad SMARTS) is 2. The molecule has 0 saturated carbocycles. The van der Waals surface area contributed by atoms with E-state index in [-0.39, 0.29) is 18.8 Å². The molecule has 0 fully saturated rings. The molecule has 0 bridgehead atoms. The lowest BCUT2D eigenvalue weighted by molar-refractivity contribution is -0.143. The number of nitrogens with two attached hydrogens (primary N) is 1. The van der Waals surface area contributed by atoms with Crippen LogP contribution in [0.15, 0.2) is 0 Å². The summed E-state index contributed by atoms with van der Waals surface area (Å²) in [7, 11) is 0. The molecule has 2 amide bonds. The minimum atomic E-state index is -1.16. The van der Waals surface area contributed by atoms with Crippen LogP contribution in [0.1, 0.15) is 33.1 Å². The molecule has 0 spiro atoms. The maximum absolute atomic E-state index is 12.4. The van der Waals surface area contributed by atoms with E-state index in [4.69, 9.17) is 15.9 Å². The van der Waals surface area contributed by atoms with Crippen LogP contribution < -0.4 is 16.4 Å². The highest BCUT2D eigenvalue weighted by Gasteiger charge is 2.29. The molecule has 9 nitrogen and oxygen atoms in total. The fourth-order valence-electron chi connectivity index (χ4n) is 1.96. The van der Waals surface area contributed by atoms with Gasteiger partial charge in [-0.1, -0.05) is 13.8 Å². The number of nitrogens with one attached hydrogen (secondary N) is 2. The Kier molecular flexibility index (Phi) is 10.8. The van der Waals surface area contributed by atoms with E-state index < -0.39 is 41.9 Å². The molecule has 144 valence electrons. The average molecular weight is 377 g/mol. The van der Waals surface area contributed by atoms with Crippen molar-refractivity contribution in [2.75, 3.05) is 12.0 Å². The second kappa shape index (κ2) is 11.7. The van der Waals surface area contributed by atoms with Crippen molar-refractivity contribution in [3.05, 3.63) is 0 Å². The fourth-order valence-corrected chi connectivity index (χ4v) is 2.43. The smallest absolute Gasteiger partial charge is 0.326 e. The quantitative estimate of drug-likeness (QED) is 0.308. The number of carbonyl (C=O) groups excluding carboxylic acids is 2. The molecule has 0 radical (unpaired) electrons. The van der Waals surface area contributed by atoms with Crippen LogP contribution in [0.3, 0.4) is 0 Å². The van der Waals surface area contributed by atoms with Crippen molar-refractivity contribution in [2.45, 2.75) is 51.2 Å². The van der Waals surface area contributed by atoms with Crippen molar-refractivity contribution in [2.24, 2.45) is 11.7 Å². The van der Waals surface area contributed by atoms with Gasteiger partial charge >= 0.3 is 11.9 Å². The summed E-state index contributed by atoms with van der Waals surface area (Å²) in [5, 5.41) is 22.7. The van der Waals surface area contributed by atoms with Crippen LogP contribution in [0.4, 0.5) is 0 Å². The van der Waals surface area contributed by atoms with Crippen LogP contribution >= 0.6 is 11.8 Å². The van der Waals surface area contributed by atoms with Crippen LogP contribution in [0.25, 0.3) is 0 Å². The van der Waals surface area contributed by atoms with Crippen LogP contribution in [-0.2, 0) is 19.2 Å². The zero-order valence-electron chi connectivity index (χ0n) is 14.7. The highest BCUT2D eigenvalue weighted by atomic mass is 32.2. The molecule has 0 aromatic carbocycles. The number of rotatable bonds is 12. The first kappa shape index (κ1) is 23.2. The molecule has 0 saturated heterocycles. The largest absolute Gasteiger partial charge is 0.481 e. The fraction of sp³-hybridized carbons (Fsp3) is 0.733. The van der Waals surface area contributed by atoms with Gasteiger partial charge in [-0.05, 0) is 30.8 Å². The minimum absolute atomic E-state index is 0.0538. The van der Waals surface area contributed by atoms with Crippen molar-refractivity contribution in [1.82, 2.24) is 10.6 Å². The number of aliphatic carboxylic acids is 2. The molecule has 0 aromatic heterocycles. The van der Waals surface area contributed by atoms with Gasteiger partial charge < -0.3 is 26.6 Å². The summed E-state index contributed by atoms with van der Waals surface area (Å²) in [5.74, 6) is -3.22. The van der Waals surface area contributed by atoms with Gasteiger partial charge in [0.25, 0.3) is 0 Å². The topological polar surface area (TPSA) is 159 Å². The van der Waals surface area contributed by atoms with Gasteiger partial charge in [-0.2, -0.15) is 11.8 Å². The molecule has 3 atom stereocenters. The second-order valence-corrected chi connectivity index (χ2v) is 6.94. The molecule has 6 N–H and O–H groups in total. The van der Waals surface area contributed by atoms with Crippen molar-refractivity contribution in [3.63, 3.8) is 0 Å². The second-order valence-electron chi connectivity index (χ2n) is 5.95. The highest BCUT2D eigenvalue weighted by Crippen LogP contribution is 2.06. The molecule has 0 aromatic rings. The average Bonchev–Trinajstić information content (AvgIpc) is 2.52. The zero-order chi connectivity index (χ0) is 19.6. The SMILES string of the molecule is CSCC[C@H](NC(=O)[C@@H](N)CCC(=O)O)C(=O)N[C@H](C(=O)O)C(C)C. The molecular weight excluding hydrogens is 350 g/mol. The predicted molar refractivity (Wildman–Crippen MR) is 94.2 cm³/mol. The maximum atomic E-state index is 12.4. The third-order valence-corrected chi connectivity index (χ3v) is 4.12. The Hall–Kier alpha value is -1.81. The lowest BCUT2D eigenvalue weighted by atomic mass is 10.0. The molecule has 10 heteroatoms. The first-order valence-corrected chi connectivity index (χ1v) is 9.29. The van der Waals surface area contributed by atoms with Crippen molar-refractivity contribution in [1.29, 1.82) is 0 Å². The molecule has 0 aliphatic rings. The van der Waals surface area contributed by atoms with Crippen LogP contribution in [-0.4, -0.2) is 64.1 Å². The summed E-state index contributed by atoms with van der Waals surface area (Å²) in [5.41, 5.74) is 5.63. The third-order valence-electron chi connectivity index (χ3n) is 3.48. The lowest BCUT2D eigenvalue weighted by Crippen LogP contribution is -2.55. The predicted octanol–water partition coefficient (Wildman–Crippen LogP) is -0.358. The van der Waals surface area contributed by atoms with E-state index in [1.165, 1.54) is 11.8 Å². The van der Waals surface area contributed by atoms with Crippen molar-refractivity contribution >= 4 is 35.5 Å². The zero-order valence-corrected chi connectivity index (χ0v) is 15.5. The monoisotopic (exact) mass is 377 g/mol. The number of carboxylic acids is 2. The Balaban J connectivity index is 4.92. The highest BCUT2D eigenvalue weighted by molar-refractivity contribution is 7.98. The number of hydrogen-bond acceptors (Lipinski definition) is 6. The number of hydrogen-bond donors (Lipinski definition) is 5. The molecule has 25 heavy (non-hydrogen) atoms. The molecular formula is C15H27N3O6S. The van der Waals surface area contributed by atoms with Gasteiger partial charge in [-0.15, -0.1) is 0 Å². The summed E-state index contributed by atoms with van der Waals surface area (Å²) < 4.78 is 0. The van der Waals surface area contributed by atoms with Gasteiger partial charge in [0.15, 0.2) is 0 Å². The minimum Gasteiger partial charge on any atom is -0.481 e.